The van der Waals surface area contributed by atoms with Crippen LogP contribution in [-0.4, -0.2) is 24.5 Å². The molecule has 0 aromatic carbocycles. The van der Waals surface area contributed by atoms with Crippen LogP contribution in [0.5, 0.6) is 0 Å². The Hall–Kier alpha value is -0.370. The van der Waals surface area contributed by atoms with Crippen molar-refractivity contribution in [2.45, 2.75) is 39.0 Å². The molecule has 1 heterocycles. The third kappa shape index (κ3) is 2.14. The van der Waals surface area contributed by atoms with E-state index in [1.165, 1.54) is 0 Å². The van der Waals surface area contributed by atoms with Crippen molar-refractivity contribution < 1.29 is 4.74 Å². The van der Waals surface area contributed by atoms with E-state index in [1.807, 2.05) is 6.21 Å². The number of hydrogen-bond acceptors (Lipinski definition) is 2. The maximum atomic E-state index is 5.12. The van der Waals surface area contributed by atoms with Crippen molar-refractivity contribution in [3.05, 3.63) is 0 Å². The van der Waals surface area contributed by atoms with Gasteiger partial charge in [-0.3, -0.25) is 4.99 Å². The van der Waals surface area contributed by atoms with Crippen LogP contribution < -0.4 is 0 Å². The lowest BCUT2D eigenvalue weighted by molar-refractivity contribution is 0.408. The lowest BCUT2D eigenvalue weighted by atomic mass is 10.3. The van der Waals surface area contributed by atoms with Gasteiger partial charge in [0.2, 0.25) is 0 Å². The highest BCUT2D eigenvalue weighted by atomic mass is 16.6. The van der Waals surface area contributed by atoms with Crippen LogP contribution in [0.25, 0.3) is 0 Å². The molecule has 0 aromatic rings. The number of aliphatic imine (C=N–C) groups is 1. The molecule has 0 amide bonds. The van der Waals surface area contributed by atoms with E-state index in [0.717, 1.165) is 0 Å². The van der Waals surface area contributed by atoms with E-state index < -0.39 is 0 Å². The second-order valence-electron chi connectivity index (χ2n) is 2.70. The summed E-state index contributed by atoms with van der Waals surface area (Å²) in [5.41, 5.74) is 0. The Morgan fingerprint density at radius 1 is 1.56 bits per heavy atom. The molecule has 1 saturated heterocycles. The molecule has 0 N–H and O–H groups in total. The van der Waals surface area contributed by atoms with Gasteiger partial charge in [-0.1, -0.05) is 0 Å². The average Bonchev–Trinajstić information content (AvgIpc) is 2.42. The van der Waals surface area contributed by atoms with Crippen molar-refractivity contribution in [2.75, 3.05) is 0 Å². The van der Waals surface area contributed by atoms with E-state index in [-0.39, 0.29) is 0 Å². The number of rotatable bonds is 2. The minimum atomic E-state index is 0.312. The van der Waals surface area contributed by atoms with Crippen molar-refractivity contribution in [1.82, 2.24) is 0 Å². The zero-order valence-electron chi connectivity index (χ0n) is 6.16. The summed E-state index contributed by atoms with van der Waals surface area (Å²) in [5, 5.41) is 0. The summed E-state index contributed by atoms with van der Waals surface area (Å²) in [6.45, 7) is 6.17. The van der Waals surface area contributed by atoms with E-state index in [4.69, 9.17) is 4.74 Å². The first-order chi connectivity index (χ1) is 4.20. The number of nitrogens with zero attached hydrogens (tertiary/aromatic N) is 1. The second kappa shape index (κ2) is 2.48. The predicted molar refractivity (Wildman–Crippen MR) is 38.0 cm³/mol. The Bertz CT molecular complexity index is 120. The average molecular weight is 127 g/mol. The smallest absolute Gasteiger partial charge is 0.118 e. The summed E-state index contributed by atoms with van der Waals surface area (Å²) in [6, 6.07) is 0.404. The third-order valence-electron chi connectivity index (χ3n) is 1.29. The van der Waals surface area contributed by atoms with Crippen LogP contribution in [0.2, 0.25) is 0 Å². The van der Waals surface area contributed by atoms with Gasteiger partial charge in [0.15, 0.2) is 0 Å². The second-order valence-corrected chi connectivity index (χ2v) is 2.70. The van der Waals surface area contributed by atoms with E-state index >= 15 is 0 Å². The van der Waals surface area contributed by atoms with Crippen molar-refractivity contribution in [1.29, 1.82) is 0 Å². The van der Waals surface area contributed by atoms with Crippen LogP contribution in [0.4, 0.5) is 0 Å². The van der Waals surface area contributed by atoms with Gasteiger partial charge in [0.05, 0.1) is 6.10 Å². The van der Waals surface area contributed by atoms with Gasteiger partial charge in [-0.15, -0.1) is 0 Å². The Morgan fingerprint density at radius 2 is 2.11 bits per heavy atom. The molecule has 0 aliphatic carbocycles. The molecular weight excluding hydrogens is 114 g/mol. The van der Waals surface area contributed by atoms with Gasteiger partial charge in [-0.25, -0.2) is 0 Å². The molecule has 52 valence electrons. The number of epoxide rings is 1. The van der Waals surface area contributed by atoms with Crippen LogP contribution in [0.1, 0.15) is 20.8 Å². The largest absolute Gasteiger partial charge is 0.364 e. The molecular formula is C7H13NO. The standard InChI is InChI=1S/C7H13NO/c1-5(2)8-4-7-6(3)9-7/h4-7H,1-3H3/t6-,7-/m0/s1. The minimum Gasteiger partial charge on any atom is -0.364 e. The Balaban J connectivity index is 2.18. The van der Waals surface area contributed by atoms with E-state index in [9.17, 15) is 0 Å². The predicted octanol–water partition coefficient (Wildman–Crippen LogP) is 1.25. The molecule has 0 radical (unpaired) electrons. The first-order valence-corrected chi connectivity index (χ1v) is 3.39. The molecule has 1 fully saturated rings. The highest BCUT2D eigenvalue weighted by Gasteiger charge is 2.31. The van der Waals surface area contributed by atoms with Crippen LogP contribution in [-0.2, 0) is 4.74 Å². The summed E-state index contributed by atoms with van der Waals surface area (Å²) in [6.07, 6.45) is 2.62. The maximum Gasteiger partial charge on any atom is 0.118 e. The van der Waals surface area contributed by atoms with E-state index in [0.29, 0.717) is 18.2 Å². The fraction of sp³-hybridized carbons (Fsp3) is 0.857. The Kier molecular flexibility index (Phi) is 1.86. The normalized spacial score (nSPS) is 34.2. The zero-order valence-corrected chi connectivity index (χ0v) is 6.16. The van der Waals surface area contributed by atoms with Gasteiger partial charge in [-0.05, 0) is 20.8 Å². The van der Waals surface area contributed by atoms with Crippen LogP contribution in [0, 0.1) is 0 Å². The molecule has 2 heteroatoms. The number of ether oxygens (including phenoxy) is 1. The fourth-order valence-electron chi connectivity index (χ4n) is 0.616. The van der Waals surface area contributed by atoms with Gasteiger partial charge in [0.25, 0.3) is 0 Å². The third-order valence-corrected chi connectivity index (χ3v) is 1.29. The fourth-order valence-corrected chi connectivity index (χ4v) is 0.616. The molecule has 0 unspecified atom stereocenters. The van der Waals surface area contributed by atoms with Crippen LogP contribution in [0.15, 0.2) is 4.99 Å². The van der Waals surface area contributed by atoms with E-state index in [1.54, 1.807) is 0 Å². The number of hydrogen-bond donors (Lipinski definition) is 0. The lowest BCUT2D eigenvalue weighted by Gasteiger charge is -1.90. The molecule has 1 aliphatic rings. The van der Waals surface area contributed by atoms with Crippen LogP contribution in [0.3, 0.4) is 0 Å². The van der Waals surface area contributed by atoms with Gasteiger partial charge >= 0.3 is 0 Å². The summed E-state index contributed by atoms with van der Waals surface area (Å²) in [4.78, 5) is 4.19. The highest BCUT2D eigenvalue weighted by Crippen LogP contribution is 2.18. The van der Waals surface area contributed by atoms with Crippen molar-refractivity contribution >= 4 is 6.21 Å². The summed E-state index contributed by atoms with van der Waals surface area (Å²) in [7, 11) is 0. The molecule has 2 nitrogen and oxygen atoms in total. The molecule has 0 spiro atoms. The van der Waals surface area contributed by atoms with Gasteiger partial charge in [0, 0.05) is 12.3 Å². The van der Waals surface area contributed by atoms with Crippen LogP contribution >= 0.6 is 0 Å². The quantitative estimate of drug-likeness (QED) is 0.405. The molecule has 2 atom stereocenters. The lowest BCUT2D eigenvalue weighted by Crippen LogP contribution is -1.95. The van der Waals surface area contributed by atoms with Gasteiger partial charge in [-0.2, -0.15) is 0 Å². The molecule has 1 aliphatic heterocycles. The molecule has 9 heavy (non-hydrogen) atoms. The molecule has 0 bridgehead atoms. The first-order valence-electron chi connectivity index (χ1n) is 3.39. The summed E-state index contributed by atoms with van der Waals surface area (Å²) in [5.74, 6) is 0. The summed E-state index contributed by atoms with van der Waals surface area (Å²) >= 11 is 0. The SMILES string of the molecule is CC(C)N=C[C@@H]1O[C@H]1C. The van der Waals surface area contributed by atoms with Crippen molar-refractivity contribution in [2.24, 2.45) is 4.99 Å². The summed E-state index contributed by atoms with van der Waals surface area (Å²) < 4.78 is 5.12. The van der Waals surface area contributed by atoms with Gasteiger partial charge in [0.1, 0.15) is 6.10 Å². The Morgan fingerprint density at radius 3 is 2.44 bits per heavy atom. The zero-order chi connectivity index (χ0) is 6.85. The Labute approximate surface area is 55.9 Å². The molecule has 0 saturated carbocycles. The minimum absolute atomic E-state index is 0.312. The topological polar surface area (TPSA) is 24.9 Å². The maximum absolute atomic E-state index is 5.12. The highest BCUT2D eigenvalue weighted by molar-refractivity contribution is 5.66. The first kappa shape index (κ1) is 6.75. The van der Waals surface area contributed by atoms with Crippen molar-refractivity contribution in [3.8, 4) is 0 Å². The van der Waals surface area contributed by atoms with Gasteiger partial charge < -0.3 is 4.74 Å². The molecule has 0 aromatic heterocycles. The molecule has 1 rings (SSSR count). The van der Waals surface area contributed by atoms with Crippen molar-refractivity contribution in [3.63, 3.8) is 0 Å². The monoisotopic (exact) mass is 127 g/mol. The van der Waals surface area contributed by atoms with E-state index in [2.05, 4.69) is 25.8 Å².